The van der Waals surface area contributed by atoms with Crippen LogP contribution in [0.15, 0.2) is 62.6 Å². The number of rotatable bonds is 5. The Bertz CT molecular complexity index is 1230. The van der Waals surface area contributed by atoms with Crippen molar-refractivity contribution in [2.45, 2.75) is 24.8 Å². The molecule has 2 aromatic carbocycles. The third kappa shape index (κ3) is 4.16. The molecule has 3 aromatic rings. The molecule has 30 heavy (non-hydrogen) atoms. The topological polar surface area (TPSA) is 70.8 Å². The fourth-order valence-electron chi connectivity index (χ4n) is 3.79. The zero-order valence-electron chi connectivity index (χ0n) is 16.7. The molecule has 2 heterocycles. The Morgan fingerprint density at radius 2 is 1.77 bits per heavy atom. The molecule has 0 N–H and O–H groups in total. The predicted octanol–water partition coefficient (Wildman–Crippen LogP) is 3.52. The van der Waals surface area contributed by atoms with Gasteiger partial charge in [-0.15, -0.1) is 0 Å². The molecule has 158 valence electrons. The van der Waals surface area contributed by atoms with Crippen molar-refractivity contribution in [3.8, 4) is 0 Å². The fraction of sp³-hybridized carbons (Fsp3) is 0.318. The molecular formula is C22H23ClN2O4S. The summed E-state index contributed by atoms with van der Waals surface area (Å²) in [5.74, 6) is 0. The van der Waals surface area contributed by atoms with Gasteiger partial charge in [-0.2, -0.15) is 4.31 Å². The minimum absolute atomic E-state index is 0.138. The average Bonchev–Trinajstić information content (AvgIpc) is 2.73. The third-order valence-electron chi connectivity index (χ3n) is 5.48. The highest BCUT2D eigenvalue weighted by atomic mass is 35.5. The summed E-state index contributed by atoms with van der Waals surface area (Å²) in [6.45, 7) is 4.49. The first-order chi connectivity index (χ1) is 14.4. The van der Waals surface area contributed by atoms with Crippen LogP contribution in [0.5, 0.6) is 0 Å². The average molecular weight is 447 g/mol. The van der Waals surface area contributed by atoms with Crippen molar-refractivity contribution in [3.63, 3.8) is 0 Å². The van der Waals surface area contributed by atoms with E-state index in [4.69, 9.17) is 16.0 Å². The molecule has 0 aliphatic carbocycles. The monoisotopic (exact) mass is 446 g/mol. The lowest BCUT2D eigenvalue weighted by Gasteiger charge is -2.34. The van der Waals surface area contributed by atoms with Crippen LogP contribution in [0.25, 0.3) is 11.0 Å². The first kappa shape index (κ1) is 21.1. The molecule has 4 rings (SSSR count). The van der Waals surface area contributed by atoms with E-state index in [-0.39, 0.29) is 15.5 Å². The first-order valence-corrected chi connectivity index (χ1v) is 11.7. The maximum absolute atomic E-state index is 12.9. The Balaban J connectivity index is 1.51. The van der Waals surface area contributed by atoms with Gasteiger partial charge in [-0.25, -0.2) is 13.2 Å². The second kappa shape index (κ2) is 8.51. The molecule has 0 saturated carbocycles. The van der Waals surface area contributed by atoms with Gasteiger partial charge in [0.25, 0.3) is 0 Å². The van der Waals surface area contributed by atoms with E-state index >= 15 is 0 Å². The van der Waals surface area contributed by atoms with Crippen molar-refractivity contribution in [2.24, 2.45) is 0 Å². The first-order valence-electron chi connectivity index (χ1n) is 9.91. The minimum Gasteiger partial charge on any atom is -0.423 e. The van der Waals surface area contributed by atoms with Gasteiger partial charge in [-0.1, -0.05) is 42.8 Å². The van der Waals surface area contributed by atoms with Crippen LogP contribution < -0.4 is 5.63 Å². The van der Waals surface area contributed by atoms with Crippen molar-refractivity contribution < 1.29 is 12.8 Å². The van der Waals surface area contributed by atoms with Gasteiger partial charge in [-0.05, 0) is 35.7 Å². The van der Waals surface area contributed by atoms with Gasteiger partial charge >= 0.3 is 5.63 Å². The number of benzene rings is 2. The molecule has 0 atom stereocenters. The lowest BCUT2D eigenvalue weighted by molar-refractivity contribution is 0.182. The molecular weight excluding hydrogens is 424 g/mol. The maximum Gasteiger partial charge on any atom is 0.336 e. The van der Waals surface area contributed by atoms with E-state index in [1.54, 1.807) is 18.2 Å². The van der Waals surface area contributed by atoms with Crippen LogP contribution in [0, 0.1) is 0 Å². The Labute approximate surface area is 180 Å². The Kier molecular flexibility index (Phi) is 5.97. The second-order valence-electron chi connectivity index (χ2n) is 7.39. The maximum atomic E-state index is 12.9. The number of fused-ring (bicyclic) bond motifs is 1. The van der Waals surface area contributed by atoms with Crippen molar-refractivity contribution in [3.05, 3.63) is 75.1 Å². The lowest BCUT2D eigenvalue weighted by atomic mass is 10.1. The van der Waals surface area contributed by atoms with E-state index < -0.39 is 10.0 Å². The molecule has 6 nitrogen and oxygen atoms in total. The number of hydrogen-bond donors (Lipinski definition) is 0. The molecule has 0 spiro atoms. The van der Waals surface area contributed by atoms with E-state index in [1.807, 2.05) is 18.2 Å². The van der Waals surface area contributed by atoms with Gasteiger partial charge in [0.05, 0.1) is 5.02 Å². The van der Waals surface area contributed by atoms with Gasteiger partial charge < -0.3 is 4.42 Å². The summed E-state index contributed by atoms with van der Waals surface area (Å²) in [7, 11) is -3.63. The van der Waals surface area contributed by atoms with E-state index in [9.17, 15) is 13.2 Å². The largest absolute Gasteiger partial charge is 0.423 e. The number of aryl methyl sites for hydroxylation is 1. The highest BCUT2D eigenvalue weighted by Crippen LogP contribution is 2.26. The fourth-order valence-corrected chi connectivity index (χ4v) is 5.70. The van der Waals surface area contributed by atoms with Crippen LogP contribution in [-0.4, -0.2) is 43.8 Å². The van der Waals surface area contributed by atoms with Crippen LogP contribution in [0.4, 0.5) is 0 Å². The molecule has 0 radical (unpaired) electrons. The van der Waals surface area contributed by atoms with Crippen LogP contribution in [-0.2, 0) is 23.0 Å². The number of nitrogens with zero attached hydrogens (tertiary/aromatic N) is 2. The number of piperazine rings is 1. The smallest absolute Gasteiger partial charge is 0.336 e. The predicted molar refractivity (Wildman–Crippen MR) is 117 cm³/mol. The minimum atomic E-state index is -3.63. The number of sulfonamides is 1. The number of halogens is 1. The summed E-state index contributed by atoms with van der Waals surface area (Å²) in [4.78, 5) is 14.3. The summed E-state index contributed by atoms with van der Waals surface area (Å²) in [5, 5.41) is 1.15. The lowest BCUT2D eigenvalue weighted by Crippen LogP contribution is -2.48. The van der Waals surface area contributed by atoms with E-state index in [0.717, 1.165) is 22.9 Å². The van der Waals surface area contributed by atoms with E-state index in [1.165, 1.54) is 16.4 Å². The van der Waals surface area contributed by atoms with Crippen LogP contribution >= 0.6 is 11.6 Å². The number of hydrogen-bond acceptors (Lipinski definition) is 5. The molecule has 1 aromatic heterocycles. The molecule has 1 aliphatic heterocycles. The Morgan fingerprint density at radius 3 is 2.47 bits per heavy atom. The molecule has 0 unspecified atom stereocenters. The molecule has 0 amide bonds. The highest BCUT2D eigenvalue weighted by molar-refractivity contribution is 7.89. The molecule has 1 fully saturated rings. The molecule has 1 aliphatic rings. The van der Waals surface area contributed by atoms with Gasteiger partial charge in [-0.3, -0.25) is 4.90 Å². The third-order valence-corrected chi connectivity index (χ3v) is 7.88. The van der Waals surface area contributed by atoms with Crippen LogP contribution in [0.2, 0.25) is 5.02 Å². The van der Waals surface area contributed by atoms with Gasteiger partial charge in [0.15, 0.2) is 0 Å². The zero-order chi connectivity index (χ0) is 21.3. The van der Waals surface area contributed by atoms with Gasteiger partial charge in [0, 0.05) is 44.2 Å². The summed E-state index contributed by atoms with van der Waals surface area (Å²) in [6, 6.07) is 14.0. The van der Waals surface area contributed by atoms with E-state index in [2.05, 4.69) is 11.8 Å². The Morgan fingerprint density at radius 1 is 1.03 bits per heavy atom. The van der Waals surface area contributed by atoms with E-state index in [0.29, 0.717) is 38.3 Å². The summed E-state index contributed by atoms with van der Waals surface area (Å²) < 4.78 is 32.7. The zero-order valence-corrected chi connectivity index (χ0v) is 18.2. The highest BCUT2D eigenvalue weighted by Gasteiger charge is 2.30. The van der Waals surface area contributed by atoms with Gasteiger partial charge in [0.1, 0.15) is 10.5 Å². The summed E-state index contributed by atoms with van der Waals surface area (Å²) >= 11 is 6.10. The molecule has 8 heteroatoms. The van der Waals surface area contributed by atoms with Crippen molar-refractivity contribution in [2.75, 3.05) is 26.2 Å². The Hall–Kier alpha value is -2.19. The molecule has 1 saturated heterocycles. The van der Waals surface area contributed by atoms with Crippen molar-refractivity contribution in [1.82, 2.24) is 9.21 Å². The SMILES string of the molecule is CCc1ccc2c(CN3CCN(S(=O)(=O)c4ccccc4Cl)CC3)cc(=O)oc2c1. The molecule has 0 bridgehead atoms. The van der Waals surface area contributed by atoms with Crippen molar-refractivity contribution in [1.29, 1.82) is 0 Å². The summed E-state index contributed by atoms with van der Waals surface area (Å²) in [6.07, 6.45) is 0.867. The normalized spacial score (nSPS) is 16.2. The van der Waals surface area contributed by atoms with Crippen molar-refractivity contribution >= 4 is 32.6 Å². The quantitative estimate of drug-likeness (QED) is 0.561. The van der Waals surface area contributed by atoms with Crippen LogP contribution in [0.1, 0.15) is 18.1 Å². The second-order valence-corrected chi connectivity index (χ2v) is 9.70. The standard InChI is InChI=1S/C22H23ClN2O4S/c1-2-16-7-8-18-17(14-22(26)29-20(18)13-16)15-24-9-11-25(12-10-24)30(27,28)21-6-4-3-5-19(21)23/h3-8,13-14H,2,9-12,15H2,1H3. The van der Waals surface area contributed by atoms with Crippen LogP contribution in [0.3, 0.4) is 0 Å². The summed E-state index contributed by atoms with van der Waals surface area (Å²) in [5.41, 5.74) is 2.23. The van der Waals surface area contributed by atoms with Gasteiger partial charge in [0.2, 0.25) is 10.0 Å².